The Kier molecular flexibility index (Phi) is 6.16. The molecule has 0 fully saturated rings. The molecule has 1 rings (SSSR count). The maximum atomic E-state index is 11.4. The molecule has 1 unspecified atom stereocenters. The van der Waals surface area contributed by atoms with Crippen molar-refractivity contribution in [3.8, 4) is 0 Å². The Balaban J connectivity index is 2.24. The maximum Gasteiger partial charge on any atom is 0.325 e. The van der Waals surface area contributed by atoms with E-state index in [4.69, 9.17) is 10.5 Å². The number of carbonyl (C=O) groups is 1. The van der Waals surface area contributed by atoms with Crippen LogP contribution in [0.4, 0.5) is 0 Å². The van der Waals surface area contributed by atoms with Crippen molar-refractivity contribution in [2.24, 2.45) is 12.8 Å². The molecular formula is C14H26N4O2. The van der Waals surface area contributed by atoms with E-state index in [1.165, 1.54) is 7.11 Å². The first kappa shape index (κ1) is 16.7. The van der Waals surface area contributed by atoms with Gasteiger partial charge in [-0.3, -0.25) is 9.69 Å². The number of esters is 1. The smallest absolute Gasteiger partial charge is 0.325 e. The molecule has 0 bridgehead atoms. The van der Waals surface area contributed by atoms with Crippen molar-refractivity contribution in [3.05, 3.63) is 18.2 Å². The fourth-order valence-corrected chi connectivity index (χ4v) is 2.08. The lowest BCUT2D eigenvalue weighted by atomic mass is 9.96. The van der Waals surface area contributed by atoms with Crippen molar-refractivity contribution >= 4 is 5.97 Å². The van der Waals surface area contributed by atoms with E-state index >= 15 is 0 Å². The van der Waals surface area contributed by atoms with E-state index in [0.29, 0.717) is 6.42 Å². The zero-order valence-electron chi connectivity index (χ0n) is 12.9. The number of carbonyl (C=O) groups excluding carboxylic acids is 1. The number of hydrogen-bond acceptors (Lipinski definition) is 5. The van der Waals surface area contributed by atoms with Crippen molar-refractivity contribution in [2.45, 2.75) is 38.3 Å². The molecule has 0 aromatic carbocycles. The molecule has 2 N–H and O–H groups in total. The normalized spacial score (nSPS) is 14.3. The number of nitrogens with two attached hydrogens (primary N) is 1. The Labute approximate surface area is 120 Å². The van der Waals surface area contributed by atoms with Crippen LogP contribution in [0.3, 0.4) is 0 Å². The van der Waals surface area contributed by atoms with E-state index in [0.717, 1.165) is 31.8 Å². The molecule has 6 heteroatoms. The molecule has 0 aliphatic heterocycles. The van der Waals surface area contributed by atoms with Crippen LogP contribution in [0.1, 0.15) is 32.0 Å². The molecule has 0 aliphatic rings. The number of aryl methyl sites for hydroxylation is 1. The Morgan fingerprint density at radius 2 is 2.25 bits per heavy atom. The first-order valence-electron chi connectivity index (χ1n) is 6.89. The zero-order chi connectivity index (χ0) is 15.2. The molecule has 0 radical (unpaired) electrons. The Morgan fingerprint density at radius 1 is 1.55 bits per heavy atom. The standard InChI is InChI=1S/C14H26N4O2/c1-14(15,13(19)20-4)7-5-6-9-17(2)11-12-16-8-10-18(12)3/h8,10H,5-7,9,11,15H2,1-4H3. The van der Waals surface area contributed by atoms with E-state index in [2.05, 4.69) is 16.9 Å². The maximum absolute atomic E-state index is 11.4. The average Bonchev–Trinajstić information content (AvgIpc) is 2.79. The summed E-state index contributed by atoms with van der Waals surface area (Å²) in [6.07, 6.45) is 6.27. The highest BCUT2D eigenvalue weighted by Crippen LogP contribution is 2.13. The third-order valence-corrected chi connectivity index (χ3v) is 3.47. The molecular weight excluding hydrogens is 256 g/mol. The molecule has 114 valence electrons. The topological polar surface area (TPSA) is 73.4 Å². The number of aromatic nitrogens is 2. The molecule has 0 aliphatic carbocycles. The monoisotopic (exact) mass is 282 g/mol. The van der Waals surface area contributed by atoms with Crippen molar-refractivity contribution in [1.82, 2.24) is 14.5 Å². The number of imidazole rings is 1. The molecule has 1 aromatic rings. The highest BCUT2D eigenvalue weighted by Gasteiger charge is 2.28. The summed E-state index contributed by atoms with van der Waals surface area (Å²) < 4.78 is 6.71. The predicted molar refractivity (Wildman–Crippen MR) is 78.0 cm³/mol. The third-order valence-electron chi connectivity index (χ3n) is 3.47. The minimum absolute atomic E-state index is 0.348. The Morgan fingerprint density at radius 3 is 2.80 bits per heavy atom. The van der Waals surface area contributed by atoms with E-state index in [-0.39, 0.29) is 5.97 Å². The summed E-state index contributed by atoms with van der Waals surface area (Å²) in [6.45, 7) is 3.49. The first-order chi connectivity index (χ1) is 9.36. The lowest BCUT2D eigenvalue weighted by molar-refractivity contribution is -0.146. The van der Waals surface area contributed by atoms with E-state index in [1.807, 2.05) is 17.8 Å². The second kappa shape index (κ2) is 7.40. The summed E-state index contributed by atoms with van der Waals surface area (Å²) in [7, 11) is 5.43. The lowest BCUT2D eigenvalue weighted by Gasteiger charge is -2.22. The minimum Gasteiger partial charge on any atom is -0.468 e. The molecule has 20 heavy (non-hydrogen) atoms. The van der Waals surface area contributed by atoms with Crippen molar-refractivity contribution in [3.63, 3.8) is 0 Å². The summed E-state index contributed by atoms with van der Waals surface area (Å²) in [4.78, 5) is 18.0. The predicted octanol–water partition coefficient (Wildman–Crippen LogP) is 0.913. The van der Waals surface area contributed by atoms with Gasteiger partial charge in [-0.1, -0.05) is 0 Å². The van der Waals surface area contributed by atoms with Crippen LogP contribution in [0, 0.1) is 0 Å². The minimum atomic E-state index is -0.882. The molecule has 1 atom stereocenters. The summed E-state index contributed by atoms with van der Waals surface area (Å²) >= 11 is 0. The van der Waals surface area contributed by atoms with Crippen LogP contribution in [0.15, 0.2) is 12.4 Å². The van der Waals surface area contributed by atoms with Gasteiger partial charge in [0.15, 0.2) is 0 Å². The second-order valence-corrected chi connectivity index (χ2v) is 5.56. The highest BCUT2D eigenvalue weighted by molar-refractivity contribution is 5.79. The van der Waals surface area contributed by atoms with Gasteiger partial charge in [0.1, 0.15) is 11.4 Å². The van der Waals surface area contributed by atoms with E-state index < -0.39 is 5.54 Å². The second-order valence-electron chi connectivity index (χ2n) is 5.56. The molecule has 1 aromatic heterocycles. The first-order valence-corrected chi connectivity index (χ1v) is 6.89. The number of nitrogens with zero attached hydrogens (tertiary/aromatic N) is 3. The van der Waals surface area contributed by atoms with Gasteiger partial charge in [-0.15, -0.1) is 0 Å². The SMILES string of the molecule is COC(=O)C(C)(N)CCCCN(C)Cc1nccn1C. The van der Waals surface area contributed by atoms with E-state index in [9.17, 15) is 4.79 Å². The lowest BCUT2D eigenvalue weighted by Crippen LogP contribution is -2.45. The zero-order valence-corrected chi connectivity index (χ0v) is 12.9. The number of methoxy groups -OCH3 is 1. The van der Waals surface area contributed by atoms with Gasteiger partial charge in [-0.05, 0) is 39.8 Å². The van der Waals surface area contributed by atoms with Crippen molar-refractivity contribution in [1.29, 1.82) is 0 Å². The fraction of sp³-hybridized carbons (Fsp3) is 0.714. The van der Waals surface area contributed by atoms with Crippen LogP contribution in [0.5, 0.6) is 0 Å². The van der Waals surface area contributed by atoms with Gasteiger partial charge in [0.2, 0.25) is 0 Å². The van der Waals surface area contributed by atoms with Crippen LogP contribution < -0.4 is 5.73 Å². The van der Waals surface area contributed by atoms with Gasteiger partial charge >= 0.3 is 5.97 Å². The molecule has 0 amide bonds. The van der Waals surface area contributed by atoms with Crippen LogP contribution >= 0.6 is 0 Å². The van der Waals surface area contributed by atoms with Gasteiger partial charge in [0.25, 0.3) is 0 Å². The molecule has 0 spiro atoms. The van der Waals surface area contributed by atoms with Gasteiger partial charge in [0.05, 0.1) is 13.7 Å². The fourth-order valence-electron chi connectivity index (χ4n) is 2.08. The number of rotatable bonds is 8. The summed E-state index contributed by atoms with van der Waals surface area (Å²) in [5.74, 6) is 0.699. The van der Waals surface area contributed by atoms with Crippen LogP contribution in [-0.2, 0) is 23.1 Å². The van der Waals surface area contributed by atoms with Gasteiger partial charge < -0.3 is 15.0 Å². The third kappa shape index (κ3) is 4.94. The highest BCUT2D eigenvalue weighted by atomic mass is 16.5. The van der Waals surface area contributed by atoms with Gasteiger partial charge in [0, 0.05) is 19.4 Å². The van der Waals surface area contributed by atoms with Crippen molar-refractivity contribution < 1.29 is 9.53 Å². The van der Waals surface area contributed by atoms with E-state index in [1.54, 1.807) is 13.1 Å². The quantitative estimate of drug-likeness (QED) is 0.567. The Bertz CT molecular complexity index is 429. The van der Waals surface area contributed by atoms with Crippen LogP contribution in [-0.4, -0.2) is 46.7 Å². The number of ether oxygens (including phenoxy) is 1. The number of hydrogen-bond donors (Lipinski definition) is 1. The molecule has 0 saturated heterocycles. The summed E-state index contributed by atoms with van der Waals surface area (Å²) in [5.41, 5.74) is 5.03. The molecule has 6 nitrogen and oxygen atoms in total. The van der Waals surface area contributed by atoms with Crippen LogP contribution in [0.2, 0.25) is 0 Å². The molecule has 0 saturated carbocycles. The largest absolute Gasteiger partial charge is 0.468 e. The molecule has 1 heterocycles. The van der Waals surface area contributed by atoms with Crippen LogP contribution in [0.25, 0.3) is 0 Å². The summed E-state index contributed by atoms with van der Waals surface area (Å²) in [6, 6.07) is 0. The van der Waals surface area contributed by atoms with Crippen molar-refractivity contribution in [2.75, 3.05) is 20.7 Å². The number of unbranched alkanes of at least 4 members (excludes halogenated alkanes) is 1. The summed E-state index contributed by atoms with van der Waals surface area (Å²) in [5, 5.41) is 0. The Hall–Kier alpha value is -1.40. The van der Waals surface area contributed by atoms with Gasteiger partial charge in [-0.25, -0.2) is 4.98 Å². The van der Waals surface area contributed by atoms with Gasteiger partial charge in [-0.2, -0.15) is 0 Å². The average molecular weight is 282 g/mol.